The molecule has 0 amide bonds. The maximum absolute atomic E-state index is 10.9. The molecule has 1 atom stereocenters. The van der Waals surface area contributed by atoms with Gasteiger partial charge < -0.3 is 9.47 Å². The first kappa shape index (κ1) is 14.0. The summed E-state index contributed by atoms with van der Waals surface area (Å²) in [4.78, 5) is 12.2. The Bertz CT molecular complexity index is 654. The average molecular weight is 300 g/mol. The fourth-order valence-corrected chi connectivity index (χ4v) is 3.67. The third-order valence-corrected chi connectivity index (χ3v) is 4.81. The van der Waals surface area contributed by atoms with E-state index in [0.29, 0.717) is 29.6 Å². The van der Waals surface area contributed by atoms with Crippen LogP contribution in [0.2, 0.25) is 0 Å². The zero-order valence-corrected chi connectivity index (χ0v) is 12.6. The number of fused-ring (bicyclic) bond motifs is 1. The lowest BCUT2D eigenvalue weighted by Crippen LogP contribution is -2.10. The van der Waals surface area contributed by atoms with E-state index >= 15 is 0 Å². The summed E-state index contributed by atoms with van der Waals surface area (Å²) in [6, 6.07) is 13.6. The highest BCUT2D eigenvalue weighted by Gasteiger charge is 2.23. The number of thioether (sulfide) groups is 1. The van der Waals surface area contributed by atoms with Gasteiger partial charge in [-0.1, -0.05) is 18.2 Å². The molecule has 0 fully saturated rings. The maximum atomic E-state index is 10.9. The number of aldehydes is 1. The van der Waals surface area contributed by atoms with Gasteiger partial charge >= 0.3 is 0 Å². The molecule has 0 saturated carbocycles. The van der Waals surface area contributed by atoms with Gasteiger partial charge in [0.05, 0.1) is 13.7 Å². The number of methoxy groups -OCH3 is 1. The maximum Gasteiger partial charge on any atom is 0.161 e. The first-order chi connectivity index (χ1) is 10.3. The summed E-state index contributed by atoms with van der Waals surface area (Å²) in [6.07, 6.45) is 0.813. The topological polar surface area (TPSA) is 35.5 Å². The molecule has 108 valence electrons. The van der Waals surface area contributed by atoms with Crippen LogP contribution in [-0.4, -0.2) is 25.8 Å². The molecule has 1 aliphatic heterocycles. The van der Waals surface area contributed by atoms with Crippen LogP contribution in [0.5, 0.6) is 11.5 Å². The summed E-state index contributed by atoms with van der Waals surface area (Å²) in [5.74, 6) is 2.67. The quantitative estimate of drug-likeness (QED) is 0.787. The van der Waals surface area contributed by atoms with Crippen molar-refractivity contribution in [3.05, 3.63) is 53.6 Å². The van der Waals surface area contributed by atoms with Gasteiger partial charge in [0.25, 0.3) is 0 Å². The lowest BCUT2D eigenvalue weighted by molar-refractivity contribution is 0.112. The molecule has 0 saturated heterocycles. The molecule has 3 nitrogen and oxygen atoms in total. The van der Waals surface area contributed by atoms with Crippen molar-refractivity contribution in [1.29, 1.82) is 0 Å². The molecule has 0 aliphatic carbocycles. The molecule has 0 spiro atoms. The summed E-state index contributed by atoms with van der Waals surface area (Å²) >= 11 is 1.86. The molecule has 1 unspecified atom stereocenters. The second-order valence-electron chi connectivity index (χ2n) is 4.88. The molecule has 2 aromatic carbocycles. The number of hydrogen-bond acceptors (Lipinski definition) is 4. The Hall–Kier alpha value is -1.94. The van der Waals surface area contributed by atoms with Gasteiger partial charge in [0.2, 0.25) is 0 Å². The number of ether oxygens (including phenoxy) is 2. The summed E-state index contributed by atoms with van der Waals surface area (Å²) in [6.45, 7) is 0.586. The van der Waals surface area contributed by atoms with Crippen LogP contribution in [0.3, 0.4) is 0 Å². The number of hydrogen-bond donors (Lipinski definition) is 0. The monoisotopic (exact) mass is 300 g/mol. The first-order valence-corrected chi connectivity index (χ1v) is 7.78. The smallest absolute Gasteiger partial charge is 0.161 e. The van der Waals surface area contributed by atoms with E-state index in [1.165, 1.54) is 10.5 Å². The highest BCUT2D eigenvalue weighted by atomic mass is 32.2. The van der Waals surface area contributed by atoms with E-state index in [2.05, 4.69) is 24.3 Å². The van der Waals surface area contributed by atoms with Crippen molar-refractivity contribution in [2.75, 3.05) is 19.5 Å². The Morgan fingerprint density at radius 3 is 2.90 bits per heavy atom. The molecular formula is C17H16O3S. The van der Waals surface area contributed by atoms with Crippen molar-refractivity contribution in [2.24, 2.45) is 0 Å². The van der Waals surface area contributed by atoms with Crippen molar-refractivity contribution < 1.29 is 14.3 Å². The van der Waals surface area contributed by atoms with Gasteiger partial charge in [-0.2, -0.15) is 0 Å². The Morgan fingerprint density at radius 2 is 2.10 bits per heavy atom. The predicted octanol–water partition coefficient (Wildman–Crippen LogP) is 3.78. The molecule has 0 radical (unpaired) electrons. The summed E-state index contributed by atoms with van der Waals surface area (Å²) in [7, 11) is 1.60. The molecule has 2 aromatic rings. The van der Waals surface area contributed by atoms with E-state index in [4.69, 9.17) is 9.47 Å². The summed E-state index contributed by atoms with van der Waals surface area (Å²) in [5, 5.41) is 0. The third-order valence-electron chi connectivity index (χ3n) is 3.56. The van der Waals surface area contributed by atoms with E-state index < -0.39 is 0 Å². The number of carbonyl (C=O) groups excluding carboxylic acids is 1. The van der Waals surface area contributed by atoms with Gasteiger partial charge in [0.1, 0.15) is 6.29 Å². The molecule has 1 aliphatic rings. The summed E-state index contributed by atoms with van der Waals surface area (Å²) in [5.41, 5.74) is 1.93. The fraction of sp³-hybridized carbons (Fsp3) is 0.235. The first-order valence-electron chi connectivity index (χ1n) is 6.79. The van der Waals surface area contributed by atoms with Gasteiger partial charge in [-0.15, -0.1) is 11.8 Å². The van der Waals surface area contributed by atoms with Crippen LogP contribution in [0, 0.1) is 0 Å². The minimum absolute atomic E-state index is 0.371. The third kappa shape index (κ3) is 2.90. The highest BCUT2D eigenvalue weighted by molar-refractivity contribution is 7.99. The zero-order valence-electron chi connectivity index (χ0n) is 11.7. The molecule has 0 bridgehead atoms. The minimum Gasteiger partial charge on any atom is -0.493 e. The summed E-state index contributed by atoms with van der Waals surface area (Å²) < 4.78 is 11.2. The van der Waals surface area contributed by atoms with Crippen molar-refractivity contribution in [3.8, 4) is 11.5 Å². The van der Waals surface area contributed by atoms with Crippen LogP contribution < -0.4 is 9.47 Å². The molecule has 21 heavy (non-hydrogen) atoms. The molecule has 3 rings (SSSR count). The molecule has 4 heteroatoms. The SMILES string of the molecule is COc1ccc(C=O)cc1OCC1CSc2ccccc21. The number of rotatable bonds is 5. The van der Waals surface area contributed by atoms with E-state index in [1.807, 2.05) is 11.8 Å². The van der Waals surface area contributed by atoms with Crippen LogP contribution in [0.25, 0.3) is 0 Å². The van der Waals surface area contributed by atoms with E-state index in [9.17, 15) is 4.79 Å². The molecule has 1 heterocycles. The number of carbonyl (C=O) groups is 1. The van der Waals surface area contributed by atoms with Crippen LogP contribution in [-0.2, 0) is 0 Å². The van der Waals surface area contributed by atoms with Gasteiger partial charge in [-0.05, 0) is 29.8 Å². The largest absolute Gasteiger partial charge is 0.493 e. The second-order valence-corrected chi connectivity index (χ2v) is 5.95. The Labute approximate surface area is 128 Å². The lowest BCUT2D eigenvalue weighted by Gasteiger charge is -2.15. The van der Waals surface area contributed by atoms with Crippen molar-refractivity contribution in [3.63, 3.8) is 0 Å². The average Bonchev–Trinajstić information content (AvgIpc) is 2.96. The van der Waals surface area contributed by atoms with Gasteiger partial charge in [0.15, 0.2) is 11.5 Å². The molecular weight excluding hydrogens is 284 g/mol. The van der Waals surface area contributed by atoms with E-state index in [0.717, 1.165) is 12.0 Å². The zero-order chi connectivity index (χ0) is 14.7. The number of benzene rings is 2. The fourth-order valence-electron chi connectivity index (χ4n) is 2.44. The van der Waals surface area contributed by atoms with Crippen LogP contribution in [0.15, 0.2) is 47.4 Å². The minimum atomic E-state index is 0.371. The van der Waals surface area contributed by atoms with Gasteiger partial charge in [-0.3, -0.25) is 4.79 Å². The van der Waals surface area contributed by atoms with E-state index in [-0.39, 0.29) is 0 Å². The van der Waals surface area contributed by atoms with Crippen molar-refractivity contribution in [1.82, 2.24) is 0 Å². The van der Waals surface area contributed by atoms with Gasteiger partial charge in [0, 0.05) is 22.1 Å². The Balaban J connectivity index is 1.75. The normalized spacial score (nSPS) is 16.3. The van der Waals surface area contributed by atoms with E-state index in [1.54, 1.807) is 25.3 Å². The Morgan fingerprint density at radius 1 is 1.24 bits per heavy atom. The van der Waals surface area contributed by atoms with Crippen LogP contribution in [0.4, 0.5) is 0 Å². The second kappa shape index (κ2) is 6.22. The standard InChI is InChI=1S/C17H16O3S/c1-19-15-7-6-12(9-18)8-16(15)20-10-13-11-21-17-5-3-2-4-14(13)17/h2-9,13H,10-11H2,1H3. The highest BCUT2D eigenvalue weighted by Crippen LogP contribution is 2.40. The van der Waals surface area contributed by atoms with Crippen LogP contribution in [0.1, 0.15) is 21.8 Å². The molecule has 0 aromatic heterocycles. The Kier molecular flexibility index (Phi) is 4.15. The predicted molar refractivity (Wildman–Crippen MR) is 83.8 cm³/mol. The lowest BCUT2D eigenvalue weighted by atomic mass is 10.0. The molecule has 0 N–H and O–H groups in total. The van der Waals surface area contributed by atoms with Gasteiger partial charge in [-0.25, -0.2) is 0 Å². The van der Waals surface area contributed by atoms with Crippen molar-refractivity contribution >= 4 is 18.0 Å². The van der Waals surface area contributed by atoms with Crippen molar-refractivity contribution in [2.45, 2.75) is 10.8 Å². The van der Waals surface area contributed by atoms with Crippen LogP contribution >= 0.6 is 11.8 Å².